The van der Waals surface area contributed by atoms with E-state index in [0.717, 1.165) is 6.07 Å². The molecule has 1 amide bonds. The Hall–Kier alpha value is -3.28. The minimum absolute atomic E-state index is 0.0252. The summed E-state index contributed by atoms with van der Waals surface area (Å²) in [6.45, 7) is 0.0252. The maximum Gasteiger partial charge on any atom is 0.249 e. The summed E-state index contributed by atoms with van der Waals surface area (Å²) in [5.74, 6) is -2.98. The van der Waals surface area contributed by atoms with Crippen LogP contribution >= 0.6 is 0 Å². The summed E-state index contributed by atoms with van der Waals surface area (Å²) in [5.41, 5.74) is 7.05. The topological polar surface area (TPSA) is 48.0 Å². The Morgan fingerprint density at radius 1 is 0.962 bits per heavy atom. The average Bonchev–Trinajstić information content (AvgIpc) is 2.92. The third kappa shape index (κ3) is 2.42. The van der Waals surface area contributed by atoms with Crippen molar-refractivity contribution in [3.05, 3.63) is 83.2 Å². The largest absolute Gasteiger partial charge is 0.366 e. The average molecular weight is 354 g/mol. The number of rotatable bonds is 3. The zero-order valence-corrected chi connectivity index (χ0v) is 13.5. The molecular weight excluding hydrogens is 341 g/mol. The Labute approximate surface area is 146 Å². The molecule has 0 radical (unpaired) electrons. The summed E-state index contributed by atoms with van der Waals surface area (Å²) in [6, 6.07) is 13.0. The first-order chi connectivity index (χ1) is 12.5. The molecule has 0 unspecified atom stereocenters. The maximum absolute atomic E-state index is 14.1. The van der Waals surface area contributed by atoms with Crippen LogP contribution in [-0.2, 0) is 6.54 Å². The maximum atomic E-state index is 14.1. The molecular formula is C20H13F3N2O. The van der Waals surface area contributed by atoms with Crippen LogP contribution in [0.3, 0.4) is 0 Å². The summed E-state index contributed by atoms with van der Waals surface area (Å²) in [4.78, 5) is 11.8. The van der Waals surface area contributed by atoms with Crippen LogP contribution in [0.25, 0.3) is 21.8 Å². The monoisotopic (exact) mass is 354 g/mol. The molecule has 0 fully saturated rings. The molecule has 4 aromatic rings. The quantitative estimate of drug-likeness (QED) is 0.584. The third-order valence-electron chi connectivity index (χ3n) is 4.48. The number of carbonyl (C=O) groups is 1. The van der Waals surface area contributed by atoms with E-state index in [1.807, 2.05) is 0 Å². The van der Waals surface area contributed by atoms with Crippen molar-refractivity contribution >= 4 is 27.7 Å². The van der Waals surface area contributed by atoms with Gasteiger partial charge in [-0.3, -0.25) is 4.79 Å². The van der Waals surface area contributed by atoms with Gasteiger partial charge in [0.05, 0.1) is 12.1 Å². The fourth-order valence-electron chi connectivity index (χ4n) is 3.34. The van der Waals surface area contributed by atoms with Crippen molar-refractivity contribution in [2.24, 2.45) is 5.73 Å². The van der Waals surface area contributed by atoms with Crippen molar-refractivity contribution in [2.45, 2.75) is 6.54 Å². The van der Waals surface area contributed by atoms with E-state index in [2.05, 4.69) is 0 Å². The molecule has 3 nitrogen and oxygen atoms in total. The number of fused-ring (bicyclic) bond motifs is 3. The van der Waals surface area contributed by atoms with Crippen molar-refractivity contribution in [3.8, 4) is 0 Å². The normalized spacial score (nSPS) is 11.3. The van der Waals surface area contributed by atoms with E-state index in [0.29, 0.717) is 21.8 Å². The second-order valence-corrected chi connectivity index (χ2v) is 6.02. The van der Waals surface area contributed by atoms with Gasteiger partial charge in [0.2, 0.25) is 5.91 Å². The van der Waals surface area contributed by atoms with Crippen molar-refractivity contribution in [3.63, 3.8) is 0 Å². The SMILES string of the molecule is NC(=O)c1cccc2c1c1cc(F)ccc1n2Cc1cccc(F)c1F. The highest BCUT2D eigenvalue weighted by molar-refractivity contribution is 6.17. The molecule has 0 aliphatic carbocycles. The number of amides is 1. The predicted octanol–water partition coefficient (Wildman–Crippen LogP) is 4.36. The number of aromatic nitrogens is 1. The summed E-state index contributed by atoms with van der Waals surface area (Å²) in [7, 11) is 0. The second kappa shape index (κ2) is 5.91. The first-order valence-corrected chi connectivity index (χ1v) is 7.90. The van der Waals surface area contributed by atoms with Gasteiger partial charge in [0, 0.05) is 27.4 Å². The highest BCUT2D eigenvalue weighted by Crippen LogP contribution is 2.33. The second-order valence-electron chi connectivity index (χ2n) is 6.02. The molecule has 0 bridgehead atoms. The molecule has 26 heavy (non-hydrogen) atoms. The van der Waals surface area contributed by atoms with E-state index in [9.17, 15) is 18.0 Å². The van der Waals surface area contributed by atoms with Crippen LogP contribution in [0.15, 0.2) is 54.6 Å². The van der Waals surface area contributed by atoms with Crippen LogP contribution in [0.1, 0.15) is 15.9 Å². The van der Waals surface area contributed by atoms with Gasteiger partial charge in [0.15, 0.2) is 11.6 Å². The number of carbonyl (C=O) groups excluding carboxylic acids is 1. The predicted molar refractivity (Wildman–Crippen MR) is 93.4 cm³/mol. The number of primary amides is 1. The van der Waals surface area contributed by atoms with Gasteiger partial charge in [0.1, 0.15) is 5.82 Å². The zero-order valence-electron chi connectivity index (χ0n) is 13.5. The third-order valence-corrected chi connectivity index (χ3v) is 4.48. The van der Waals surface area contributed by atoms with Crippen molar-refractivity contribution in [2.75, 3.05) is 0 Å². The van der Waals surface area contributed by atoms with Gasteiger partial charge in [0.25, 0.3) is 0 Å². The van der Waals surface area contributed by atoms with Crippen LogP contribution in [-0.4, -0.2) is 10.5 Å². The number of nitrogens with zero attached hydrogens (tertiary/aromatic N) is 1. The van der Waals surface area contributed by atoms with E-state index in [1.165, 1.54) is 24.3 Å². The number of nitrogens with two attached hydrogens (primary N) is 1. The fourth-order valence-corrected chi connectivity index (χ4v) is 3.34. The van der Waals surface area contributed by atoms with E-state index in [-0.39, 0.29) is 17.7 Å². The molecule has 0 aliphatic heterocycles. The summed E-state index contributed by atoms with van der Waals surface area (Å²) in [6.07, 6.45) is 0. The van der Waals surface area contributed by atoms with Gasteiger partial charge in [-0.25, -0.2) is 13.2 Å². The Balaban J connectivity index is 2.06. The molecule has 2 N–H and O–H groups in total. The fraction of sp³-hybridized carbons (Fsp3) is 0.0500. The Kier molecular flexibility index (Phi) is 3.68. The number of hydrogen-bond donors (Lipinski definition) is 1. The Morgan fingerprint density at radius 2 is 1.73 bits per heavy atom. The molecule has 0 spiro atoms. The van der Waals surface area contributed by atoms with Crippen LogP contribution in [0.5, 0.6) is 0 Å². The Morgan fingerprint density at radius 3 is 2.50 bits per heavy atom. The minimum atomic E-state index is -0.938. The van der Waals surface area contributed by atoms with Crippen LogP contribution in [0, 0.1) is 17.5 Å². The lowest BCUT2D eigenvalue weighted by molar-refractivity contribution is 0.100. The van der Waals surface area contributed by atoms with Gasteiger partial charge >= 0.3 is 0 Å². The van der Waals surface area contributed by atoms with Crippen molar-refractivity contribution in [1.29, 1.82) is 0 Å². The number of benzene rings is 3. The van der Waals surface area contributed by atoms with Crippen molar-refractivity contribution < 1.29 is 18.0 Å². The molecule has 0 saturated heterocycles. The van der Waals surface area contributed by atoms with E-state index in [1.54, 1.807) is 28.8 Å². The Bertz CT molecular complexity index is 1180. The summed E-state index contributed by atoms with van der Waals surface area (Å²) < 4.78 is 43.2. The smallest absolute Gasteiger partial charge is 0.249 e. The first-order valence-electron chi connectivity index (χ1n) is 7.90. The first kappa shape index (κ1) is 16.2. The van der Waals surface area contributed by atoms with Crippen molar-refractivity contribution in [1.82, 2.24) is 4.57 Å². The van der Waals surface area contributed by atoms with E-state index >= 15 is 0 Å². The lowest BCUT2D eigenvalue weighted by Gasteiger charge is -2.09. The lowest BCUT2D eigenvalue weighted by atomic mass is 10.1. The molecule has 4 rings (SSSR count). The molecule has 0 atom stereocenters. The van der Waals surface area contributed by atoms with Crippen LogP contribution in [0.4, 0.5) is 13.2 Å². The summed E-state index contributed by atoms with van der Waals surface area (Å²) >= 11 is 0. The number of hydrogen-bond acceptors (Lipinski definition) is 1. The van der Waals surface area contributed by atoms with Gasteiger partial charge in [-0.1, -0.05) is 18.2 Å². The van der Waals surface area contributed by atoms with Gasteiger partial charge in [-0.15, -0.1) is 0 Å². The van der Waals surface area contributed by atoms with Gasteiger partial charge in [-0.05, 0) is 36.4 Å². The highest BCUT2D eigenvalue weighted by atomic mass is 19.2. The molecule has 0 saturated carbocycles. The lowest BCUT2D eigenvalue weighted by Crippen LogP contribution is -2.11. The van der Waals surface area contributed by atoms with Gasteiger partial charge < -0.3 is 10.3 Å². The standard InChI is InChI=1S/C20H13F3N2O/c21-12-7-8-16-14(9-12)18-13(20(24)26)4-2-6-17(18)25(16)10-11-3-1-5-15(22)19(11)23/h1-9H,10H2,(H2,24,26). The molecule has 1 aromatic heterocycles. The number of halogens is 3. The molecule has 0 aliphatic rings. The summed E-state index contributed by atoms with van der Waals surface area (Å²) in [5, 5.41) is 0.984. The van der Waals surface area contributed by atoms with E-state index < -0.39 is 23.4 Å². The van der Waals surface area contributed by atoms with Crippen LogP contribution in [0.2, 0.25) is 0 Å². The highest BCUT2D eigenvalue weighted by Gasteiger charge is 2.18. The molecule has 1 heterocycles. The van der Waals surface area contributed by atoms with Gasteiger partial charge in [-0.2, -0.15) is 0 Å². The minimum Gasteiger partial charge on any atom is -0.366 e. The molecule has 6 heteroatoms. The van der Waals surface area contributed by atoms with E-state index in [4.69, 9.17) is 5.73 Å². The molecule has 3 aromatic carbocycles. The van der Waals surface area contributed by atoms with Crippen LogP contribution < -0.4 is 5.73 Å². The molecule has 130 valence electrons. The zero-order chi connectivity index (χ0) is 18.4.